The van der Waals surface area contributed by atoms with Crippen LogP contribution in [0.3, 0.4) is 0 Å². The molecule has 0 aliphatic rings. The Morgan fingerprint density at radius 2 is 2.17 bits per heavy atom. The Kier molecular flexibility index (Phi) is 2.88. The number of aliphatic hydroxyl groups is 1. The molecule has 1 heterocycles. The van der Waals surface area contributed by atoms with Gasteiger partial charge in [-0.1, -0.05) is 12.2 Å². The molecule has 0 atom stereocenters. The van der Waals surface area contributed by atoms with Crippen LogP contribution in [0.2, 0.25) is 0 Å². The van der Waals surface area contributed by atoms with E-state index in [1.807, 2.05) is 0 Å². The normalized spacial score (nSPS) is 10.9. The van der Waals surface area contributed by atoms with Crippen molar-refractivity contribution in [2.24, 2.45) is 0 Å². The first-order chi connectivity index (χ1) is 5.74. The molecule has 4 heteroatoms. The van der Waals surface area contributed by atoms with Crippen molar-refractivity contribution in [1.29, 1.82) is 0 Å². The minimum Gasteiger partial charge on any atom is -0.392 e. The molecule has 1 aromatic heterocycles. The Morgan fingerprint density at radius 1 is 1.42 bits per heavy atom. The Hall–Kier alpha value is -1.29. The van der Waals surface area contributed by atoms with E-state index in [1.54, 1.807) is 0 Å². The number of rotatable bonds is 2. The number of hydrogen-bond acceptors (Lipinski definition) is 2. The molecule has 0 aromatic carbocycles. The van der Waals surface area contributed by atoms with E-state index in [4.69, 9.17) is 5.11 Å². The van der Waals surface area contributed by atoms with Crippen molar-refractivity contribution < 1.29 is 13.9 Å². The number of halogens is 2. The largest absolute Gasteiger partial charge is 0.392 e. The molecule has 0 aliphatic heterocycles. The van der Waals surface area contributed by atoms with Crippen molar-refractivity contribution in [3.05, 3.63) is 35.7 Å². The first-order valence-electron chi connectivity index (χ1n) is 3.33. The van der Waals surface area contributed by atoms with E-state index in [0.717, 1.165) is 6.07 Å². The quantitative estimate of drug-likeness (QED) is 0.681. The van der Waals surface area contributed by atoms with Crippen LogP contribution < -0.4 is 0 Å². The van der Waals surface area contributed by atoms with Gasteiger partial charge in [-0.3, -0.25) is 0 Å². The highest BCUT2D eigenvalue weighted by molar-refractivity contribution is 5.48. The van der Waals surface area contributed by atoms with Gasteiger partial charge in [0.05, 0.1) is 6.61 Å². The van der Waals surface area contributed by atoms with Crippen LogP contribution in [0.1, 0.15) is 5.56 Å². The van der Waals surface area contributed by atoms with Gasteiger partial charge in [0.1, 0.15) is 0 Å². The van der Waals surface area contributed by atoms with Crippen molar-refractivity contribution in [2.75, 3.05) is 6.61 Å². The summed E-state index contributed by atoms with van der Waals surface area (Å²) in [6.45, 7) is -0.184. The molecule has 0 radical (unpaired) electrons. The Balaban J connectivity index is 2.94. The van der Waals surface area contributed by atoms with Gasteiger partial charge >= 0.3 is 0 Å². The van der Waals surface area contributed by atoms with Crippen LogP contribution >= 0.6 is 0 Å². The highest BCUT2D eigenvalue weighted by Gasteiger charge is 2.00. The average Bonchev–Trinajstić information content (AvgIpc) is 2.03. The second kappa shape index (κ2) is 3.92. The van der Waals surface area contributed by atoms with Gasteiger partial charge in [0.25, 0.3) is 0 Å². The van der Waals surface area contributed by atoms with Crippen LogP contribution in [-0.2, 0) is 0 Å². The molecular weight excluding hydrogens is 164 g/mol. The van der Waals surface area contributed by atoms with Gasteiger partial charge in [0.15, 0.2) is 0 Å². The molecule has 0 unspecified atom stereocenters. The molecule has 64 valence electrons. The molecule has 0 spiro atoms. The highest BCUT2D eigenvalue weighted by atomic mass is 19.1. The summed E-state index contributed by atoms with van der Waals surface area (Å²) in [5.74, 6) is -1.73. The van der Waals surface area contributed by atoms with Crippen molar-refractivity contribution in [3.63, 3.8) is 0 Å². The number of aliphatic hydroxyl groups excluding tert-OH is 1. The average molecular weight is 171 g/mol. The van der Waals surface area contributed by atoms with E-state index in [1.165, 1.54) is 18.2 Å². The Labute approximate surface area is 68.2 Å². The molecular formula is C8H7F2NO. The fourth-order valence-corrected chi connectivity index (χ4v) is 0.727. The second-order valence-corrected chi connectivity index (χ2v) is 2.10. The summed E-state index contributed by atoms with van der Waals surface area (Å²) in [4.78, 5) is 2.96. The number of nitrogens with zero attached hydrogens (tertiary/aromatic N) is 1. The number of aromatic nitrogens is 1. The van der Waals surface area contributed by atoms with Gasteiger partial charge in [-0.25, -0.2) is 0 Å². The van der Waals surface area contributed by atoms with Crippen LogP contribution in [0.4, 0.5) is 8.78 Å². The fraction of sp³-hybridized carbons (Fsp3) is 0.125. The van der Waals surface area contributed by atoms with Crippen LogP contribution in [0, 0.1) is 11.9 Å². The van der Waals surface area contributed by atoms with Gasteiger partial charge in [0, 0.05) is 5.56 Å². The zero-order valence-electron chi connectivity index (χ0n) is 6.17. The standard InChI is InChI=1S/C8H7F2NO/c9-7-4-3-6(2-1-5-12)8(10)11-7/h1-4,12H,5H2. The third-order valence-corrected chi connectivity index (χ3v) is 1.25. The lowest BCUT2D eigenvalue weighted by Gasteiger charge is -1.94. The maximum atomic E-state index is 12.7. The number of hydrogen-bond donors (Lipinski definition) is 1. The summed E-state index contributed by atoms with van der Waals surface area (Å²) in [6.07, 6.45) is 2.68. The van der Waals surface area contributed by atoms with E-state index >= 15 is 0 Å². The van der Waals surface area contributed by atoms with Crippen molar-refractivity contribution in [1.82, 2.24) is 4.98 Å². The molecule has 1 rings (SSSR count). The van der Waals surface area contributed by atoms with Crippen LogP contribution in [0.15, 0.2) is 18.2 Å². The van der Waals surface area contributed by atoms with E-state index in [2.05, 4.69) is 4.98 Å². The molecule has 0 amide bonds. The molecule has 1 aromatic rings. The van der Waals surface area contributed by atoms with Crippen molar-refractivity contribution >= 4 is 6.08 Å². The zero-order chi connectivity index (χ0) is 8.97. The van der Waals surface area contributed by atoms with Crippen LogP contribution in [-0.4, -0.2) is 16.7 Å². The fourth-order valence-electron chi connectivity index (χ4n) is 0.727. The van der Waals surface area contributed by atoms with Crippen molar-refractivity contribution in [2.45, 2.75) is 0 Å². The van der Waals surface area contributed by atoms with Gasteiger partial charge in [-0.2, -0.15) is 13.8 Å². The lowest BCUT2D eigenvalue weighted by atomic mass is 10.2. The third kappa shape index (κ3) is 2.10. The second-order valence-electron chi connectivity index (χ2n) is 2.10. The van der Waals surface area contributed by atoms with Gasteiger partial charge in [0.2, 0.25) is 11.9 Å². The predicted octanol–water partition coefficient (Wildman–Crippen LogP) is 1.37. The number of pyridine rings is 1. The summed E-state index contributed by atoms with van der Waals surface area (Å²) in [7, 11) is 0. The van der Waals surface area contributed by atoms with Gasteiger partial charge in [-0.05, 0) is 12.1 Å². The molecule has 0 fully saturated rings. The minimum atomic E-state index is -0.875. The maximum absolute atomic E-state index is 12.7. The summed E-state index contributed by atoms with van der Waals surface area (Å²) >= 11 is 0. The lowest BCUT2D eigenvalue weighted by Crippen LogP contribution is -1.91. The molecule has 0 saturated carbocycles. The molecule has 0 aliphatic carbocycles. The first kappa shape index (κ1) is 8.80. The smallest absolute Gasteiger partial charge is 0.222 e. The third-order valence-electron chi connectivity index (χ3n) is 1.25. The predicted molar refractivity (Wildman–Crippen MR) is 40.3 cm³/mol. The maximum Gasteiger partial charge on any atom is 0.222 e. The molecule has 0 bridgehead atoms. The monoisotopic (exact) mass is 171 g/mol. The first-order valence-corrected chi connectivity index (χ1v) is 3.33. The van der Waals surface area contributed by atoms with Crippen molar-refractivity contribution in [3.8, 4) is 0 Å². The molecule has 0 saturated heterocycles. The topological polar surface area (TPSA) is 33.1 Å². The summed E-state index contributed by atoms with van der Waals surface area (Å²) in [5, 5.41) is 8.37. The zero-order valence-corrected chi connectivity index (χ0v) is 6.17. The summed E-state index contributed by atoms with van der Waals surface area (Å²) in [5.41, 5.74) is 0.158. The molecule has 12 heavy (non-hydrogen) atoms. The molecule has 1 N–H and O–H groups in total. The lowest BCUT2D eigenvalue weighted by molar-refractivity contribution is 0.343. The SMILES string of the molecule is OCC=Cc1ccc(F)nc1F. The summed E-state index contributed by atoms with van der Waals surface area (Å²) in [6, 6.07) is 2.31. The minimum absolute atomic E-state index is 0.158. The Morgan fingerprint density at radius 3 is 2.75 bits per heavy atom. The van der Waals surface area contributed by atoms with Crippen LogP contribution in [0.5, 0.6) is 0 Å². The van der Waals surface area contributed by atoms with E-state index in [-0.39, 0.29) is 12.2 Å². The van der Waals surface area contributed by atoms with Gasteiger partial charge < -0.3 is 5.11 Å². The highest BCUT2D eigenvalue weighted by Crippen LogP contribution is 2.06. The van der Waals surface area contributed by atoms with E-state index in [9.17, 15) is 8.78 Å². The Bertz CT molecular complexity index is 299. The van der Waals surface area contributed by atoms with Gasteiger partial charge in [-0.15, -0.1) is 0 Å². The van der Waals surface area contributed by atoms with E-state index in [0.29, 0.717) is 0 Å². The van der Waals surface area contributed by atoms with E-state index < -0.39 is 11.9 Å². The summed E-state index contributed by atoms with van der Waals surface area (Å²) < 4.78 is 24.9. The molecule has 2 nitrogen and oxygen atoms in total. The van der Waals surface area contributed by atoms with Crippen LogP contribution in [0.25, 0.3) is 6.08 Å².